The number of carboxylic acids is 4. The predicted octanol–water partition coefficient (Wildman–Crippen LogP) is -3.49. The molecule has 1 rings (SSSR count). The Morgan fingerprint density at radius 3 is 1.79 bits per heavy atom. The van der Waals surface area contributed by atoms with E-state index in [-0.39, 0.29) is 46.1 Å². The van der Waals surface area contributed by atoms with E-state index in [1.54, 1.807) is 4.90 Å². The molecule has 1 atom stereocenters. The molecule has 15 heteroatoms. The van der Waals surface area contributed by atoms with Gasteiger partial charge in [-0.1, -0.05) is 0 Å². The Labute approximate surface area is 190 Å². The van der Waals surface area contributed by atoms with Gasteiger partial charge in [0.25, 0.3) is 0 Å². The standard InChI is InChI=1S/C18H32N4O11/c23-6-3-22-2-1-19-18(22,33-8-5-21(11-16(28)29)12-17(30)31)13-32-7-4-20(9-14(24)25)10-15(26)27/h19,23H,1-13H2,(H,24,25)(H,26,27)(H,28,29)(H,30,31). The van der Waals surface area contributed by atoms with Gasteiger partial charge >= 0.3 is 23.9 Å². The molecule has 1 saturated heterocycles. The second-order valence-corrected chi connectivity index (χ2v) is 7.32. The summed E-state index contributed by atoms with van der Waals surface area (Å²) in [5.74, 6) is -5.87. The third-order valence-electron chi connectivity index (χ3n) is 4.70. The summed E-state index contributed by atoms with van der Waals surface area (Å²) in [5, 5.41) is 48.2. The van der Waals surface area contributed by atoms with Crippen LogP contribution in [0, 0.1) is 0 Å². The van der Waals surface area contributed by atoms with Gasteiger partial charge in [-0.15, -0.1) is 0 Å². The van der Waals surface area contributed by atoms with Gasteiger partial charge in [0.05, 0.1) is 46.0 Å². The van der Waals surface area contributed by atoms with Crippen molar-refractivity contribution in [3.05, 3.63) is 0 Å². The fourth-order valence-corrected chi connectivity index (χ4v) is 3.36. The van der Waals surface area contributed by atoms with Crippen LogP contribution in [0.25, 0.3) is 0 Å². The van der Waals surface area contributed by atoms with Crippen molar-refractivity contribution >= 4 is 23.9 Å². The van der Waals surface area contributed by atoms with E-state index in [4.69, 9.17) is 29.9 Å². The molecule has 1 unspecified atom stereocenters. The highest BCUT2D eigenvalue weighted by Crippen LogP contribution is 2.19. The van der Waals surface area contributed by atoms with E-state index in [1.165, 1.54) is 9.80 Å². The lowest BCUT2D eigenvalue weighted by atomic mass is 10.3. The van der Waals surface area contributed by atoms with Crippen molar-refractivity contribution in [3.63, 3.8) is 0 Å². The quantitative estimate of drug-likeness (QED) is 0.0991. The summed E-state index contributed by atoms with van der Waals surface area (Å²) < 4.78 is 11.6. The average molecular weight is 480 g/mol. The van der Waals surface area contributed by atoms with Crippen molar-refractivity contribution in [1.29, 1.82) is 0 Å². The number of aliphatic hydroxyl groups excluding tert-OH is 1. The Morgan fingerprint density at radius 1 is 0.848 bits per heavy atom. The molecule has 0 aromatic heterocycles. The Hall–Kier alpha value is -2.40. The number of aliphatic hydroxyl groups is 1. The van der Waals surface area contributed by atoms with Gasteiger partial charge in [-0.3, -0.25) is 39.2 Å². The van der Waals surface area contributed by atoms with Crippen LogP contribution in [0.4, 0.5) is 0 Å². The van der Waals surface area contributed by atoms with E-state index in [0.29, 0.717) is 13.1 Å². The number of aliphatic carboxylic acids is 4. The zero-order valence-electron chi connectivity index (χ0n) is 18.2. The third kappa shape index (κ3) is 11.3. The largest absolute Gasteiger partial charge is 0.480 e. The van der Waals surface area contributed by atoms with Crippen LogP contribution in [0.5, 0.6) is 0 Å². The summed E-state index contributed by atoms with van der Waals surface area (Å²) in [4.78, 5) is 47.9. The van der Waals surface area contributed by atoms with Crippen LogP contribution >= 0.6 is 0 Å². The van der Waals surface area contributed by atoms with Crippen molar-refractivity contribution in [2.75, 3.05) is 85.3 Å². The van der Waals surface area contributed by atoms with Gasteiger partial charge < -0.3 is 35.0 Å². The van der Waals surface area contributed by atoms with Crippen molar-refractivity contribution in [3.8, 4) is 0 Å². The van der Waals surface area contributed by atoms with Crippen molar-refractivity contribution < 1.29 is 54.2 Å². The molecule has 1 aliphatic rings. The number of carboxylic acid groups (broad SMARTS) is 4. The Balaban J connectivity index is 2.70. The second kappa shape index (κ2) is 14.7. The maximum atomic E-state index is 11.0. The van der Waals surface area contributed by atoms with Gasteiger partial charge in [-0.2, -0.15) is 0 Å². The molecule has 0 amide bonds. The highest BCUT2D eigenvalue weighted by Gasteiger charge is 2.42. The smallest absolute Gasteiger partial charge is 0.317 e. The van der Waals surface area contributed by atoms with E-state index in [0.717, 1.165) is 0 Å². The monoisotopic (exact) mass is 480 g/mol. The van der Waals surface area contributed by atoms with E-state index in [2.05, 4.69) is 5.32 Å². The lowest BCUT2D eigenvalue weighted by Gasteiger charge is -2.38. The number of nitrogens with zero attached hydrogens (tertiary/aromatic N) is 3. The van der Waals surface area contributed by atoms with Crippen LogP contribution in [-0.2, 0) is 28.7 Å². The molecule has 0 bridgehead atoms. The first-order chi connectivity index (χ1) is 15.6. The highest BCUT2D eigenvalue weighted by atomic mass is 16.6. The van der Waals surface area contributed by atoms with Gasteiger partial charge in [0.1, 0.15) is 6.61 Å². The van der Waals surface area contributed by atoms with Crippen LogP contribution in [-0.4, -0.2) is 155 Å². The minimum atomic E-state index is -1.18. The number of β-amino-alcohol motifs (C(OH)–C–C–N with tert-alkyl or cyclic N) is 1. The molecule has 1 aliphatic heterocycles. The Bertz CT molecular complexity index is 633. The molecule has 0 spiro atoms. The summed E-state index contributed by atoms with van der Waals surface area (Å²) in [6, 6.07) is 0. The van der Waals surface area contributed by atoms with Gasteiger partial charge in [-0.25, -0.2) is 0 Å². The normalized spacial score (nSPS) is 18.8. The molecular formula is C18H32N4O11. The number of hydrogen-bond acceptors (Lipinski definition) is 11. The first-order valence-corrected chi connectivity index (χ1v) is 10.2. The minimum Gasteiger partial charge on any atom is -0.480 e. The Kier molecular flexibility index (Phi) is 12.7. The Morgan fingerprint density at radius 2 is 1.33 bits per heavy atom. The summed E-state index contributed by atoms with van der Waals surface area (Å²) in [6.45, 7) is -0.817. The van der Waals surface area contributed by atoms with Crippen LogP contribution in [0.2, 0.25) is 0 Å². The zero-order chi connectivity index (χ0) is 24.9. The molecule has 0 aromatic rings. The number of nitrogens with one attached hydrogen (secondary N) is 1. The zero-order valence-corrected chi connectivity index (χ0v) is 18.2. The maximum absolute atomic E-state index is 11.0. The number of hydrogen-bond donors (Lipinski definition) is 6. The van der Waals surface area contributed by atoms with Crippen LogP contribution in [0.3, 0.4) is 0 Å². The average Bonchev–Trinajstić information content (AvgIpc) is 3.06. The molecular weight excluding hydrogens is 448 g/mol. The molecule has 0 aliphatic carbocycles. The summed E-state index contributed by atoms with van der Waals surface area (Å²) in [5.41, 5.74) is 0. The molecule has 0 saturated carbocycles. The predicted molar refractivity (Wildman–Crippen MR) is 110 cm³/mol. The molecule has 15 nitrogen and oxygen atoms in total. The maximum Gasteiger partial charge on any atom is 0.317 e. The fraction of sp³-hybridized carbons (Fsp3) is 0.778. The first-order valence-electron chi connectivity index (χ1n) is 10.2. The summed E-state index contributed by atoms with van der Waals surface area (Å²) >= 11 is 0. The third-order valence-corrected chi connectivity index (χ3v) is 4.70. The second-order valence-electron chi connectivity index (χ2n) is 7.32. The molecule has 0 aromatic carbocycles. The molecule has 1 heterocycles. The molecule has 0 radical (unpaired) electrons. The van der Waals surface area contributed by atoms with Crippen LogP contribution < -0.4 is 5.32 Å². The summed E-state index contributed by atoms with van der Waals surface area (Å²) in [6.07, 6.45) is 0. The van der Waals surface area contributed by atoms with Crippen molar-refractivity contribution in [2.45, 2.75) is 5.85 Å². The first kappa shape index (κ1) is 28.6. The van der Waals surface area contributed by atoms with Crippen molar-refractivity contribution in [1.82, 2.24) is 20.0 Å². The molecule has 190 valence electrons. The fourth-order valence-electron chi connectivity index (χ4n) is 3.36. The topological polar surface area (TPSA) is 210 Å². The SMILES string of the molecule is O=C(O)CN(CCOCC1(OCCN(CC(=O)O)CC(=O)O)NCCN1CCO)CC(=O)O. The van der Waals surface area contributed by atoms with E-state index in [9.17, 15) is 24.3 Å². The van der Waals surface area contributed by atoms with Crippen molar-refractivity contribution in [2.24, 2.45) is 0 Å². The number of rotatable bonds is 19. The van der Waals surface area contributed by atoms with Crippen LogP contribution in [0.15, 0.2) is 0 Å². The number of ether oxygens (including phenoxy) is 2. The van der Waals surface area contributed by atoms with Crippen LogP contribution in [0.1, 0.15) is 0 Å². The van der Waals surface area contributed by atoms with Gasteiger partial charge in [0, 0.05) is 32.7 Å². The lowest BCUT2D eigenvalue weighted by molar-refractivity contribution is -0.190. The molecule has 33 heavy (non-hydrogen) atoms. The lowest BCUT2D eigenvalue weighted by Crippen LogP contribution is -2.59. The highest BCUT2D eigenvalue weighted by molar-refractivity contribution is 5.73. The van der Waals surface area contributed by atoms with E-state index in [1.807, 2.05) is 0 Å². The molecule has 6 N–H and O–H groups in total. The molecule has 1 fully saturated rings. The van der Waals surface area contributed by atoms with Gasteiger partial charge in [-0.05, 0) is 0 Å². The van der Waals surface area contributed by atoms with Gasteiger partial charge in [0.15, 0.2) is 0 Å². The summed E-state index contributed by atoms with van der Waals surface area (Å²) in [7, 11) is 0. The van der Waals surface area contributed by atoms with E-state index >= 15 is 0 Å². The van der Waals surface area contributed by atoms with Gasteiger partial charge in [0.2, 0.25) is 5.85 Å². The number of carbonyl (C=O) groups is 4. The van der Waals surface area contributed by atoms with E-state index < -0.39 is 55.9 Å². The minimum absolute atomic E-state index is 0.00443.